The van der Waals surface area contributed by atoms with Gasteiger partial charge in [-0.3, -0.25) is 0 Å². The van der Waals surface area contributed by atoms with Crippen LogP contribution in [0.15, 0.2) is 0 Å². The standard InChI is InChI=1S/C4H14O3Si2.C2H10O5Si2.CO2.2CH4.2H2O.H/c2*1-5-8(3)7-9(4)6-2;2-1-3;;;;;/h8-9H,1-4H3;3-4,8-9H,1-2H3;;2*1H4;2*1H2;/q;;;;;;;-1/p-2. The van der Waals surface area contributed by atoms with Crippen molar-refractivity contribution in [3.05, 3.63) is 0 Å². The van der Waals surface area contributed by atoms with E-state index >= 15 is 0 Å². The van der Waals surface area contributed by atoms with Gasteiger partial charge in [-0.2, -0.15) is 9.59 Å². The third-order valence-electron chi connectivity index (χ3n) is 1.68. The third kappa shape index (κ3) is 45.3. The Balaban J connectivity index is -0.0000000308. The van der Waals surface area contributed by atoms with Crippen molar-refractivity contribution < 1.29 is 57.5 Å². The largest absolute Gasteiger partial charge is 1.00 e. The molecule has 0 saturated heterocycles. The van der Waals surface area contributed by atoms with Gasteiger partial charge in [-0.25, -0.2) is 0 Å². The van der Waals surface area contributed by atoms with Crippen LogP contribution in [0.4, 0.5) is 0 Å². The molecule has 4 N–H and O–H groups in total. The van der Waals surface area contributed by atoms with Gasteiger partial charge >= 0.3 is 43.8 Å². The third-order valence-corrected chi connectivity index (χ3v) is 8.75. The van der Waals surface area contributed by atoms with Gasteiger partial charge in [-0.15, -0.1) is 0 Å². The highest BCUT2D eigenvalue weighted by Crippen LogP contribution is 1.91. The summed E-state index contributed by atoms with van der Waals surface area (Å²) in [6.45, 7) is 3.98. The fourth-order valence-electron chi connectivity index (χ4n) is 0.592. The molecular weight excluding hydrogens is 412 g/mol. The maximum atomic E-state index is 8.65. The van der Waals surface area contributed by atoms with E-state index < -0.39 is 37.6 Å². The zero-order chi connectivity index (χ0) is 17.3. The molecule has 0 bridgehead atoms. The summed E-state index contributed by atoms with van der Waals surface area (Å²) < 4.78 is 28.6. The van der Waals surface area contributed by atoms with Crippen LogP contribution in [-0.2, 0) is 35.5 Å². The van der Waals surface area contributed by atoms with E-state index in [2.05, 4.69) is 13.0 Å². The van der Waals surface area contributed by atoms with Gasteiger partial charge in [0.05, 0.1) is 0 Å². The molecule has 0 radical (unpaired) electrons. The normalized spacial score (nSPS) is 12.8. The minimum Gasteiger partial charge on any atom is -1.00 e. The molecule has 0 amide bonds. The zero-order valence-corrected chi connectivity index (χ0v) is 18.5. The molecule has 0 rings (SSSR count). The first-order chi connectivity index (χ1) is 9.82. The van der Waals surface area contributed by atoms with Crippen LogP contribution in [-0.4, -0.2) is 92.8 Å². The fourth-order valence-corrected chi connectivity index (χ4v) is 5.33. The molecule has 0 spiro atoms. The smallest absolute Gasteiger partial charge is 0.473 e. The monoisotopic (exact) mass is 447 g/mol. The zero-order valence-electron chi connectivity index (χ0n) is 14.9. The number of carbonyl (C=O) groups excluding carboxylic acids is 2. The van der Waals surface area contributed by atoms with Crippen molar-refractivity contribution in [1.82, 2.24) is 0 Å². The van der Waals surface area contributed by atoms with Crippen molar-refractivity contribution in [2.45, 2.75) is 27.9 Å². The van der Waals surface area contributed by atoms with E-state index in [1.807, 2.05) is 13.1 Å². The van der Waals surface area contributed by atoms with E-state index in [1.54, 1.807) is 14.2 Å². The van der Waals surface area contributed by atoms with E-state index in [4.69, 9.17) is 32.1 Å². The summed E-state index contributed by atoms with van der Waals surface area (Å²) >= 11 is 0. The van der Waals surface area contributed by atoms with Crippen molar-refractivity contribution in [3.63, 3.8) is 0 Å². The topological polar surface area (TPSA) is 190 Å². The van der Waals surface area contributed by atoms with E-state index in [0.717, 1.165) is 0 Å². The Morgan fingerprint density at radius 3 is 1.12 bits per heavy atom. The van der Waals surface area contributed by atoms with E-state index in [1.165, 1.54) is 14.2 Å². The number of rotatable bonds is 8. The van der Waals surface area contributed by atoms with Gasteiger partial charge in [0.1, 0.15) is 0 Å². The van der Waals surface area contributed by atoms with E-state index in [0.29, 0.717) is 0 Å². The second-order valence-electron chi connectivity index (χ2n) is 3.05. The molecule has 0 aromatic carbocycles. The minimum absolute atomic E-state index is 0. The molecule has 12 nitrogen and oxygen atoms in total. The lowest BCUT2D eigenvalue weighted by Gasteiger charge is -2.13. The second kappa shape index (κ2) is 35.0. The van der Waals surface area contributed by atoms with Gasteiger partial charge in [0.2, 0.25) is 0 Å². The quantitative estimate of drug-likeness (QED) is 0.396. The second-order valence-corrected chi connectivity index (χ2v) is 10.6. The first kappa shape index (κ1) is 44.4. The molecule has 4 atom stereocenters. The fraction of sp³-hybridized carbons (Fsp3) is 0.889. The lowest BCUT2D eigenvalue weighted by atomic mass is 11.8. The molecule has 0 aliphatic heterocycles. The van der Waals surface area contributed by atoms with Crippen molar-refractivity contribution in [3.8, 4) is 0 Å². The van der Waals surface area contributed by atoms with Crippen LogP contribution >= 0.6 is 0 Å². The molecule has 4 unspecified atom stereocenters. The Morgan fingerprint density at radius 2 is 0.960 bits per heavy atom. The highest BCUT2D eigenvalue weighted by Gasteiger charge is 2.15. The number of hydrogen-bond donors (Lipinski definition) is 2. The van der Waals surface area contributed by atoms with Gasteiger partial charge in [0.25, 0.3) is 0 Å². The molecule has 0 saturated carbocycles. The van der Waals surface area contributed by atoms with Crippen LogP contribution in [0, 0.1) is 0 Å². The predicted octanol–water partition coefficient (Wildman–Crippen LogP) is -1.84. The first-order valence-electron chi connectivity index (χ1n) is 5.60. The van der Waals surface area contributed by atoms with Gasteiger partial charge in [0, 0.05) is 28.4 Å². The first-order valence-corrected chi connectivity index (χ1v) is 12.7. The molecule has 0 fully saturated rings. The molecule has 16 heteroatoms. The van der Waals surface area contributed by atoms with Crippen LogP contribution in [0.5, 0.6) is 0 Å². The Hall–Kier alpha value is -0.152. The van der Waals surface area contributed by atoms with E-state index in [-0.39, 0.29) is 33.4 Å². The summed E-state index contributed by atoms with van der Waals surface area (Å²) in [6.07, 6.45) is 0.250. The van der Waals surface area contributed by atoms with Crippen LogP contribution < -0.4 is 0 Å². The Kier molecular flexibility index (Phi) is 62.2. The van der Waals surface area contributed by atoms with Crippen molar-refractivity contribution in [1.29, 1.82) is 0 Å². The Bertz CT molecular complexity index is 219. The van der Waals surface area contributed by atoms with Crippen LogP contribution in [0.25, 0.3) is 0 Å². The maximum absolute atomic E-state index is 8.65. The van der Waals surface area contributed by atoms with Gasteiger partial charge < -0.3 is 47.9 Å². The summed E-state index contributed by atoms with van der Waals surface area (Å²) in [5.41, 5.74) is 0. The molecule has 0 aromatic heterocycles. The Morgan fingerprint density at radius 1 is 0.720 bits per heavy atom. The molecular formula is C9H35O12Si4-3. The summed E-state index contributed by atoms with van der Waals surface area (Å²) in [5.74, 6) is 0. The summed E-state index contributed by atoms with van der Waals surface area (Å²) in [7, 11) is -1.81. The van der Waals surface area contributed by atoms with Gasteiger partial charge in [-0.1, -0.05) is 14.9 Å². The lowest BCUT2D eigenvalue weighted by molar-refractivity contribution is -0.191. The average Bonchev–Trinajstić information content (AvgIpc) is 2.47. The molecule has 0 heterocycles. The predicted molar refractivity (Wildman–Crippen MR) is 98.4 cm³/mol. The number of hydrogen-bond acceptors (Lipinski definition) is 12. The summed E-state index contributed by atoms with van der Waals surface area (Å²) in [5, 5.41) is 0. The SMILES string of the molecule is C.C.CO[SiH](C)O[SiH](C)OC.CO[SiH](O)O[SiH](O)OC.O=C=O.[H-].[OH-].[OH-]. The van der Waals surface area contributed by atoms with Crippen molar-refractivity contribution >= 4 is 43.8 Å². The summed E-state index contributed by atoms with van der Waals surface area (Å²) in [6, 6.07) is 0. The molecule has 0 aromatic rings. The van der Waals surface area contributed by atoms with Crippen LogP contribution in [0.2, 0.25) is 13.1 Å². The lowest BCUT2D eigenvalue weighted by Crippen LogP contribution is -2.32. The summed E-state index contributed by atoms with van der Waals surface area (Å²) in [4.78, 5) is 33.5. The molecule has 0 aliphatic rings. The van der Waals surface area contributed by atoms with E-state index in [9.17, 15) is 0 Å². The van der Waals surface area contributed by atoms with Crippen LogP contribution in [0.3, 0.4) is 0 Å². The molecule has 25 heavy (non-hydrogen) atoms. The average molecular weight is 448 g/mol. The van der Waals surface area contributed by atoms with Crippen molar-refractivity contribution in [2.24, 2.45) is 0 Å². The Labute approximate surface area is 158 Å². The highest BCUT2D eigenvalue weighted by atomic mass is 28.4. The van der Waals surface area contributed by atoms with Gasteiger partial charge in [-0.05, 0) is 13.1 Å². The minimum atomic E-state index is -2.57. The highest BCUT2D eigenvalue weighted by molar-refractivity contribution is 6.57. The van der Waals surface area contributed by atoms with Crippen LogP contribution in [0.1, 0.15) is 16.3 Å². The maximum Gasteiger partial charge on any atom is 0.473 e. The van der Waals surface area contributed by atoms with Gasteiger partial charge in [0.15, 0.2) is 0 Å². The molecule has 162 valence electrons. The van der Waals surface area contributed by atoms with Crippen molar-refractivity contribution in [2.75, 3.05) is 28.4 Å². The molecule has 0 aliphatic carbocycles.